The first-order chi connectivity index (χ1) is 7.22. The van der Waals surface area contributed by atoms with Crippen molar-refractivity contribution in [2.24, 2.45) is 0 Å². The Morgan fingerprint density at radius 2 is 2.20 bits per heavy atom. The molecular formula is C12H13BrN2. The molecule has 0 aliphatic carbocycles. The van der Waals surface area contributed by atoms with Gasteiger partial charge in [-0.15, -0.1) is 0 Å². The monoisotopic (exact) mass is 264 g/mol. The minimum atomic E-state index is 0.910. The quantitative estimate of drug-likeness (QED) is 0.810. The van der Waals surface area contributed by atoms with Crippen LogP contribution in [0.25, 0.3) is 11.1 Å². The van der Waals surface area contributed by atoms with Crippen LogP contribution in [-0.2, 0) is 6.54 Å². The highest BCUT2D eigenvalue weighted by atomic mass is 79.9. The van der Waals surface area contributed by atoms with Crippen LogP contribution in [0, 0.1) is 6.92 Å². The second-order valence-electron chi connectivity index (χ2n) is 3.50. The van der Waals surface area contributed by atoms with Gasteiger partial charge in [0.2, 0.25) is 0 Å². The maximum absolute atomic E-state index is 4.28. The van der Waals surface area contributed by atoms with Crippen LogP contribution in [0.4, 0.5) is 0 Å². The normalized spacial score (nSPS) is 10.6. The number of aromatic nitrogens is 2. The minimum absolute atomic E-state index is 0.910. The lowest BCUT2D eigenvalue weighted by atomic mass is 10.0. The molecule has 0 bridgehead atoms. The highest BCUT2D eigenvalue weighted by Gasteiger charge is 2.06. The topological polar surface area (TPSA) is 17.8 Å². The van der Waals surface area contributed by atoms with E-state index in [1.165, 1.54) is 16.7 Å². The molecule has 2 rings (SSSR count). The Bertz CT molecular complexity index is 474. The zero-order valence-corrected chi connectivity index (χ0v) is 10.5. The van der Waals surface area contributed by atoms with Crippen LogP contribution in [0.15, 0.2) is 35.1 Å². The Hall–Kier alpha value is -1.09. The number of hydrogen-bond acceptors (Lipinski definition) is 1. The molecule has 0 aliphatic heterocycles. The molecule has 1 heterocycles. The molecule has 78 valence electrons. The van der Waals surface area contributed by atoms with E-state index in [-0.39, 0.29) is 0 Å². The van der Waals surface area contributed by atoms with E-state index in [4.69, 9.17) is 0 Å². The lowest BCUT2D eigenvalue weighted by Crippen LogP contribution is -1.92. The van der Waals surface area contributed by atoms with Crippen LogP contribution in [0.5, 0.6) is 0 Å². The third-order valence-corrected chi connectivity index (χ3v) is 3.40. The van der Waals surface area contributed by atoms with E-state index in [2.05, 4.69) is 59.3 Å². The number of nitrogens with zero attached hydrogens (tertiary/aromatic N) is 2. The Labute approximate surface area is 98.1 Å². The van der Waals surface area contributed by atoms with Crippen LogP contribution >= 0.6 is 15.9 Å². The lowest BCUT2D eigenvalue weighted by molar-refractivity contribution is 0.660. The van der Waals surface area contributed by atoms with Crippen molar-refractivity contribution in [2.45, 2.75) is 20.4 Å². The van der Waals surface area contributed by atoms with Crippen LogP contribution < -0.4 is 0 Å². The average molecular weight is 265 g/mol. The van der Waals surface area contributed by atoms with Gasteiger partial charge in [0.1, 0.15) is 0 Å². The van der Waals surface area contributed by atoms with Crippen LogP contribution in [0.1, 0.15) is 12.5 Å². The van der Waals surface area contributed by atoms with Crippen molar-refractivity contribution in [3.05, 3.63) is 40.6 Å². The third-order valence-electron chi connectivity index (χ3n) is 2.54. The summed E-state index contributed by atoms with van der Waals surface area (Å²) in [4.78, 5) is 0. The Balaban J connectivity index is 2.49. The van der Waals surface area contributed by atoms with Gasteiger partial charge in [-0.25, -0.2) is 0 Å². The van der Waals surface area contributed by atoms with E-state index >= 15 is 0 Å². The molecule has 0 spiro atoms. The molecule has 2 aromatic rings. The molecule has 0 saturated carbocycles. The molecule has 0 saturated heterocycles. The summed E-state index contributed by atoms with van der Waals surface area (Å²) in [6, 6.07) is 6.23. The number of aryl methyl sites for hydroxylation is 1. The van der Waals surface area contributed by atoms with Gasteiger partial charge < -0.3 is 0 Å². The molecule has 0 aliphatic rings. The van der Waals surface area contributed by atoms with Gasteiger partial charge >= 0.3 is 0 Å². The first-order valence-corrected chi connectivity index (χ1v) is 5.79. The first kappa shape index (κ1) is 10.4. The number of rotatable bonds is 2. The zero-order chi connectivity index (χ0) is 10.8. The fourth-order valence-electron chi connectivity index (χ4n) is 1.60. The summed E-state index contributed by atoms with van der Waals surface area (Å²) in [5.41, 5.74) is 3.67. The molecule has 0 unspecified atom stereocenters. The SMILES string of the molecule is CCn1cc(-c2cccc(Br)c2C)cn1. The Morgan fingerprint density at radius 3 is 2.87 bits per heavy atom. The maximum atomic E-state index is 4.28. The average Bonchev–Trinajstić information content (AvgIpc) is 2.70. The van der Waals surface area contributed by atoms with Crippen molar-refractivity contribution in [3.63, 3.8) is 0 Å². The van der Waals surface area contributed by atoms with Crippen molar-refractivity contribution >= 4 is 15.9 Å². The van der Waals surface area contributed by atoms with E-state index in [1.807, 2.05) is 10.9 Å². The van der Waals surface area contributed by atoms with Crippen molar-refractivity contribution in [2.75, 3.05) is 0 Å². The molecule has 0 amide bonds. The fraction of sp³-hybridized carbons (Fsp3) is 0.250. The summed E-state index contributed by atoms with van der Waals surface area (Å²) in [7, 11) is 0. The van der Waals surface area contributed by atoms with Crippen LogP contribution in [0.3, 0.4) is 0 Å². The van der Waals surface area contributed by atoms with Crippen molar-refractivity contribution in [3.8, 4) is 11.1 Å². The molecule has 1 aromatic heterocycles. The van der Waals surface area contributed by atoms with Gasteiger partial charge in [0.05, 0.1) is 6.20 Å². The summed E-state index contributed by atoms with van der Waals surface area (Å²) in [6.45, 7) is 5.11. The summed E-state index contributed by atoms with van der Waals surface area (Å²) in [6.07, 6.45) is 3.99. The Kier molecular flexibility index (Phi) is 2.91. The summed E-state index contributed by atoms with van der Waals surface area (Å²) >= 11 is 3.54. The summed E-state index contributed by atoms with van der Waals surface area (Å²) in [5.74, 6) is 0. The zero-order valence-electron chi connectivity index (χ0n) is 8.87. The van der Waals surface area contributed by atoms with E-state index < -0.39 is 0 Å². The highest BCUT2D eigenvalue weighted by molar-refractivity contribution is 9.10. The van der Waals surface area contributed by atoms with Crippen LogP contribution in [0.2, 0.25) is 0 Å². The van der Waals surface area contributed by atoms with Gasteiger partial charge in [-0.3, -0.25) is 4.68 Å². The van der Waals surface area contributed by atoms with Gasteiger partial charge in [-0.1, -0.05) is 28.1 Å². The van der Waals surface area contributed by atoms with Gasteiger partial charge in [0.15, 0.2) is 0 Å². The molecule has 0 N–H and O–H groups in total. The summed E-state index contributed by atoms with van der Waals surface area (Å²) in [5, 5.41) is 4.28. The van der Waals surface area contributed by atoms with E-state index in [0.29, 0.717) is 0 Å². The van der Waals surface area contributed by atoms with Gasteiger partial charge in [-0.2, -0.15) is 5.10 Å². The molecular weight excluding hydrogens is 252 g/mol. The van der Waals surface area contributed by atoms with Crippen molar-refractivity contribution < 1.29 is 0 Å². The molecule has 0 atom stereocenters. The molecule has 2 nitrogen and oxygen atoms in total. The third kappa shape index (κ3) is 1.97. The van der Waals surface area contributed by atoms with Gasteiger partial charge in [0, 0.05) is 22.8 Å². The van der Waals surface area contributed by atoms with Crippen LogP contribution in [-0.4, -0.2) is 9.78 Å². The minimum Gasteiger partial charge on any atom is -0.272 e. The molecule has 0 fully saturated rings. The maximum Gasteiger partial charge on any atom is 0.0568 e. The molecule has 1 aromatic carbocycles. The molecule has 15 heavy (non-hydrogen) atoms. The van der Waals surface area contributed by atoms with E-state index in [0.717, 1.165) is 11.0 Å². The fourth-order valence-corrected chi connectivity index (χ4v) is 1.96. The number of hydrogen-bond donors (Lipinski definition) is 0. The number of benzene rings is 1. The Morgan fingerprint density at radius 1 is 1.40 bits per heavy atom. The smallest absolute Gasteiger partial charge is 0.0568 e. The first-order valence-electron chi connectivity index (χ1n) is 5.00. The summed E-state index contributed by atoms with van der Waals surface area (Å²) < 4.78 is 3.08. The van der Waals surface area contributed by atoms with Crippen molar-refractivity contribution in [1.29, 1.82) is 0 Å². The molecule has 3 heteroatoms. The predicted molar refractivity (Wildman–Crippen MR) is 65.8 cm³/mol. The van der Waals surface area contributed by atoms with Gasteiger partial charge in [0.25, 0.3) is 0 Å². The second kappa shape index (κ2) is 4.19. The lowest BCUT2D eigenvalue weighted by Gasteiger charge is -2.04. The second-order valence-corrected chi connectivity index (χ2v) is 4.35. The van der Waals surface area contributed by atoms with E-state index in [9.17, 15) is 0 Å². The van der Waals surface area contributed by atoms with Gasteiger partial charge in [-0.05, 0) is 31.0 Å². The van der Waals surface area contributed by atoms with E-state index in [1.54, 1.807) is 0 Å². The standard InChI is InChI=1S/C12H13BrN2/c1-3-15-8-10(7-14-15)11-5-4-6-12(13)9(11)2/h4-8H,3H2,1-2H3. The molecule has 0 radical (unpaired) electrons. The number of halogens is 1. The predicted octanol–water partition coefficient (Wildman–Crippen LogP) is 3.64. The largest absolute Gasteiger partial charge is 0.272 e. The highest BCUT2D eigenvalue weighted by Crippen LogP contribution is 2.27. The van der Waals surface area contributed by atoms with Crippen molar-refractivity contribution in [1.82, 2.24) is 9.78 Å².